The van der Waals surface area contributed by atoms with E-state index in [9.17, 15) is 0 Å². The zero-order valence-corrected chi connectivity index (χ0v) is 12.3. The fourth-order valence-electron chi connectivity index (χ4n) is 3.35. The zero-order chi connectivity index (χ0) is 14.0. The van der Waals surface area contributed by atoms with Crippen LogP contribution in [0, 0.1) is 0 Å². The molecule has 4 heteroatoms. The molecule has 1 atom stereocenters. The lowest BCUT2D eigenvalue weighted by atomic mass is 9.76. The molecule has 1 aromatic heterocycles. The molecule has 1 fully saturated rings. The van der Waals surface area contributed by atoms with E-state index >= 15 is 0 Å². The first-order chi connectivity index (χ1) is 9.77. The predicted molar refractivity (Wildman–Crippen MR) is 81.3 cm³/mol. The van der Waals surface area contributed by atoms with Gasteiger partial charge in [0.1, 0.15) is 11.6 Å². The Balaban J connectivity index is 2.02. The molecule has 0 saturated carbocycles. The van der Waals surface area contributed by atoms with Crippen molar-refractivity contribution in [1.29, 1.82) is 0 Å². The summed E-state index contributed by atoms with van der Waals surface area (Å²) >= 11 is 0. The zero-order valence-electron chi connectivity index (χ0n) is 12.3. The van der Waals surface area contributed by atoms with Crippen molar-refractivity contribution >= 4 is 11.0 Å². The highest BCUT2D eigenvalue weighted by atomic mass is 16.5. The van der Waals surface area contributed by atoms with E-state index in [2.05, 4.69) is 17.2 Å². The number of H-pyrrole nitrogens is 1. The predicted octanol–water partition coefficient (Wildman–Crippen LogP) is 2.99. The molecule has 108 valence electrons. The van der Waals surface area contributed by atoms with E-state index in [1.807, 2.05) is 18.2 Å². The SMILES string of the molecule is CCCC1(c2nc3ccc(OC)cc3[nH]2)CCCNC1. The summed E-state index contributed by atoms with van der Waals surface area (Å²) < 4.78 is 5.29. The van der Waals surface area contributed by atoms with Gasteiger partial charge >= 0.3 is 0 Å². The van der Waals surface area contributed by atoms with Crippen LogP contribution in [0.3, 0.4) is 0 Å². The minimum atomic E-state index is 0.166. The van der Waals surface area contributed by atoms with Gasteiger partial charge in [-0.25, -0.2) is 4.98 Å². The van der Waals surface area contributed by atoms with E-state index in [1.165, 1.54) is 25.7 Å². The molecule has 0 spiro atoms. The standard InChI is InChI=1S/C16H23N3O/c1-3-7-16(8-4-9-17-11-16)15-18-13-6-5-12(20-2)10-14(13)19-15/h5-6,10,17H,3-4,7-9,11H2,1-2H3,(H,18,19). The molecule has 1 aliphatic heterocycles. The van der Waals surface area contributed by atoms with Crippen molar-refractivity contribution in [2.24, 2.45) is 0 Å². The molecule has 0 amide bonds. The van der Waals surface area contributed by atoms with Crippen LogP contribution in [0.5, 0.6) is 5.75 Å². The van der Waals surface area contributed by atoms with E-state index in [-0.39, 0.29) is 5.41 Å². The Morgan fingerprint density at radius 3 is 3.00 bits per heavy atom. The van der Waals surface area contributed by atoms with E-state index in [4.69, 9.17) is 9.72 Å². The summed E-state index contributed by atoms with van der Waals surface area (Å²) in [4.78, 5) is 8.39. The monoisotopic (exact) mass is 273 g/mol. The maximum atomic E-state index is 5.29. The molecule has 0 aliphatic carbocycles. The highest BCUT2D eigenvalue weighted by Crippen LogP contribution is 2.35. The Labute approximate surface area is 119 Å². The molecule has 2 aromatic rings. The number of nitrogens with one attached hydrogen (secondary N) is 2. The average molecular weight is 273 g/mol. The van der Waals surface area contributed by atoms with Crippen LogP contribution in [-0.2, 0) is 5.41 Å². The molecule has 0 radical (unpaired) electrons. The summed E-state index contributed by atoms with van der Waals surface area (Å²) in [6.45, 7) is 4.40. The van der Waals surface area contributed by atoms with Crippen molar-refractivity contribution in [3.63, 3.8) is 0 Å². The van der Waals surface area contributed by atoms with Gasteiger partial charge in [0, 0.05) is 18.0 Å². The molecule has 2 heterocycles. The lowest BCUT2D eigenvalue weighted by Gasteiger charge is -2.36. The summed E-state index contributed by atoms with van der Waals surface area (Å²) in [5.41, 5.74) is 2.27. The van der Waals surface area contributed by atoms with Crippen LogP contribution >= 0.6 is 0 Å². The van der Waals surface area contributed by atoms with E-state index in [0.29, 0.717) is 0 Å². The molecule has 1 aliphatic rings. The van der Waals surface area contributed by atoms with Crippen molar-refractivity contribution in [2.45, 2.75) is 38.0 Å². The van der Waals surface area contributed by atoms with Crippen LogP contribution in [0.15, 0.2) is 18.2 Å². The van der Waals surface area contributed by atoms with Gasteiger partial charge in [-0.15, -0.1) is 0 Å². The highest BCUT2D eigenvalue weighted by Gasteiger charge is 2.35. The minimum absolute atomic E-state index is 0.166. The molecule has 20 heavy (non-hydrogen) atoms. The molecule has 0 bridgehead atoms. The number of methoxy groups -OCH3 is 1. The number of rotatable bonds is 4. The third-order valence-corrected chi connectivity index (χ3v) is 4.39. The number of piperidine rings is 1. The number of aromatic nitrogens is 2. The van der Waals surface area contributed by atoms with Crippen LogP contribution in [0.1, 0.15) is 38.4 Å². The number of hydrogen-bond donors (Lipinski definition) is 2. The second-order valence-electron chi connectivity index (χ2n) is 5.78. The normalized spacial score (nSPS) is 23.1. The van der Waals surface area contributed by atoms with Crippen LogP contribution in [0.25, 0.3) is 11.0 Å². The minimum Gasteiger partial charge on any atom is -0.497 e. The molecular weight excluding hydrogens is 250 g/mol. The molecule has 1 saturated heterocycles. The number of nitrogens with zero attached hydrogens (tertiary/aromatic N) is 1. The van der Waals surface area contributed by atoms with Gasteiger partial charge in [0.25, 0.3) is 0 Å². The third-order valence-electron chi connectivity index (χ3n) is 4.39. The maximum Gasteiger partial charge on any atom is 0.121 e. The summed E-state index contributed by atoms with van der Waals surface area (Å²) in [5.74, 6) is 2.01. The number of hydrogen-bond acceptors (Lipinski definition) is 3. The molecule has 4 nitrogen and oxygen atoms in total. The van der Waals surface area contributed by atoms with Crippen LogP contribution in [0.2, 0.25) is 0 Å². The third kappa shape index (κ3) is 2.29. The van der Waals surface area contributed by atoms with Crippen molar-refractivity contribution in [2.75, 3.05) is 20.2 Å². The Morgan fingerprint density at radius 1 is 1.40 bits per heavy atom. The van der Waals surface area contributed by atoms with Crippen molar-refractivity contribution in [3.8, 4) is 5.75 Å². The van der Waals surface area contributed by atoms with Gasteiger partial charge in [-0.1, -0.05) is 13.3 Å². The van der Waals surface area contributed by atoms with Crippen molar-refractivity contribution < 1.29 is 4.74 Å². The smallest absolute Gasteiger partial charge is 0.121 e. The Hall–Kier alpha value is -1.55. The number of aromatic amines is 1. The lowest BCUT2D eigenvalue weighted by molar-refractivity contribution is 0.278. The molecule has 2 N–H and O–H groups in total. The molecule has 1 aromatic carbocycles. The summed E-state index contributed by atoms with van der Waals surface area (Å²) in [5, 5.41) is 3.54. The molecular formula is C16H23N3O. The van der Waals surface area contributed by atoms with Crippen LogP contribution < -0.4 is 10.1 Å². The fraction of sp³-hybridized carbons (Fsp3) is 0.562. The van der Waals surface area contributed by atoms with E-state index < -0.39 is 0 Å². The summed E-state index contributed by atoms with van der Waals surface area (Å²) in [6, 6.07) is 6.03. The number of fused-ring (bicyclic) bond motifs is 1. The summed E-state index contributed by atoms with van der Waals surface area (Å²) in [6.07, 6.45) is 4.80. The van der Waals surface area contributed by atoms with Crippen molar-refractivity contribution in [1.82, 2.24) is 15.3 Å². The van der Waals surface area contributed by atoms with Gasteiger partial charge < -0.3 is 15.0 Å². The van der Waals surface area contributed by atoms with Gasteiger partial charge in [0.2, 0.25) is 0 Å². The first-order valence-corrected chi connectivity index (χ1v) is 7.52. The van der Waals surface area contributed by atoms with E-state index in [1.54, 1.807) is 7.11 Å². The maximum absolute atomic E-state index is 5.29. The van der Waals surface area contributed by atoms with Gasteiger partial charge in [0.15, 0.2) is 0 Å². The first-order valence-electron chi connectivity index (χ1n) is 7.52. The second-order valence-corrected chi connectivity index (χ2v) is 5.78. The number of imidazole rings is 1. The summed E-state index contributed by atoms with van der Waals surface area (Å²) in [7, 11) is 1.70. The Kier molecular flexibility index (Phi) is 3.66. The topological polar surface area (TPSA) is 49.9 Å². The van der Waals surface area contributed by atoms with Crippen molar-refractivity contribution in [3.05, 3.63) is 24.0 Å². The second kappa shape index (κ2) is 5.44. The number of ether oxygens (including phenoxy) is 1. The van der Waals surface area contributed by atoms with Crippen LogP contribution in [0.4, 0.5) is 0 Å². The first kappa shape index (κ1) is 13.4. The quantitative estimate of drug-likeness (QED) is 0.900. The fourth-order valence-corrected chi connectivity index (χ4v) is 3.35. The molecule has 1 unspecified atom stereocenters. The highest BCUT2D eigenvalue weighted by molar-refractivity contribution is 5.77. The van der Waals surface area contributed by atoms with Crippen LogP contribution in [-0.4, -0.2) is 30.2 Å². The largest absolute Gasteiger partial charge is 0.497 e. The number of benzene rings is 1. The lowest BCUT2D eigenvalue weighted by Crippen LogP contribution is -2.44. The Bertz CT molecular complexity index is 579. The van der Waals surface area contributed by atoms with Gasteiger partial charge in [-0.3, -0.25) is 0 Å². The molecule has 3 rings (SSSR count). The van der Waals surface area contributed by atoms with E-state index in [0.717, 1.165) is 35.7 Å². The van der Waals surface area contributed by atoms with Gasteiger partial charge in [-0.05, 0) is 37.9 Å². The Morgan fingerprint density at radius 2 is 2.30 bits per heavy atom. The average Bonchev–Trinajstić information content (AvgIpc) is 2.92. The van der Waals surface area contributed by atoms with Gasteiger partial charge in [-0.2, -0.15) is 0 Å². The van der Waals surface area contributed by atoms with Gasteiger partial charge in [0.05, 0.1) is 18.1 Å².